The van der Waals surface area contributed by atoms with E-state index in [0.29, 0.717) is 12.2 Å². The highest BCUT2D eigenvalue weighted by atomic mass is 32.1. The summed E-state index contributed by atoms with van der Waals surface area (Å²) in [7, 11) is 0. The van der Waals surface area contributed by atoms with Crippen LogP contribution < -0.4 is 0 Å². The first-order valence-corrected chi connectivity index (χ1v) is 7.93. The van der Waals surface area contributed by atoms with Crippen molar-refractivity contribution in [2.75, 3.05) is 12.4 Å². The second-order valence-corrected chi connectivity index (χ2v) is 6.51. The van der Waals surface area contributed by atoms with E-state index in [-0.39, 0.29) is 30.0 Å². The summed E-state index contributed by atoms with van der Waals surface area (Å²) in [6.07, 6.45) is -0.402. The first-order chi connectivity index (χ1) is 10.5. The van der Waals surface area contributed by atoms with Crippen molar-refractivity contribution in [1.82, 2.24) is 0 Å². The number of fused-ring (bicyclic) bond motifs is 1. The van der Waals surface area contributed by atoms with E-state index < -0.39 is 36.0 Å². The van der Waals surface area contributed by atoms with Crippen LogP contribution in [0.5, 0.6) is 0 Å². The minimum absolute atomic E-state index is 0.0750. The minimum Gasteiger partial charge on any atom is -0.465 e. The summed E-state index contributed by atoms with van der Waals surface area (Å²) in [6.45, 7) is 5.29. The predicted octanol–water partition coefficient (Wildman–Crippen LogP) is 0.755. The number of carbonyl (C=O) groups excluding carboxylic acids is 3. The molecular weight excluding hydrogens is 308 g/mol. The minimum atomic E-state index is -0.598. The molecule has 0 aromatic rings. The van der Waals surface area contributed by atoms with Crippen LogP contribution in [0.25, 0.3) is 0 Å². The van der Waals surface area contributed by atoms with E-state index in [4.69, 9.17) is 14.2 Å². The van der Waals surface area contributed by atoms with Crippen LogP contribution in [-0.4, -0.2) is 42.5 Å². The molecule has 2 saturated carbocycles. The number of carbonyl (C=O) groups is 3. The highest BCUT2D eigenvalue weighted by Gasteiger charge is 2.70. The van der Waals surface area contributed by atoms with Gasteiger partial charge in [0.25, 0.3) is 0 Å². The third-order valence-corrected chi connectivity index (χ3v) is 4.93. The fraction of sp³-hybridized carbons (Fsp3) is 0.667. The standard InChI is InChI=1S/C15H18O6S/c1-6(2)13(16)20-11-7-5-8-10(15(18)21-12(8)11)9(7)14(17)19-3-4-22/h7-12,22H,1,3-5H2,2H3. The molecule has 6 nitrogen and oxygen atoms in total. The van der Waals surface area contributed by atoms with Crippen LogP contribution in [-0.2, 0) is 28.6 Å². The maximum Gasteiger partial charge on any atom is 0.333 e. The molecule has 6 atom stereocenters. The maximum absolute atomic E-state index is 12.3. The zero-order chi connectivity index (χ0) is 16.0. The van der Waals surface area contributed by atoms with E-state index in [9.17, 15) is 14.4 Å². The van der Waals surface area contributed by atoms with Crippen LogP contribution in [0.1, 0.15) is 13.3 Å². The van der Waals surface area contributed by atoms with Gasteiger partial charge >= 0.3 is 17.9 Å². The summed E-state index contributed by atoms with van der Waals surface area (Å²) in [5, 5.41) is 0. The molecule has 1 heterocycles. The van der Waals surface area contributed by atoms with Gasteiger partial charge in [0.2, 0.25) is 0 Å². The van der Waals surface area contributed by atoms with E-state index in [1.165, 1.54) is 0 Å². The molecule has 0 radical (unpaired) electrons. The average molecular weight is 326 g/mol. The van der Waals surface area contributed by atoms with Crippen LogP contribution >= 0.6 is 12.6 Å². The molecule has 0 N–H and O–H groups in total. The van der Waals surface area contributed by atoms with Gasteiger partial charge in [-0.2, -0.15) is 12.6 Å². The number of esters is 3. The molecule has 3 fully saturated rings. The lowest BCUT2D eigenvalue weighted by Crippen LogP contribution is -2.43. The number of rotatable bonds is 5. The zero-order valence-electron chi connectivity index (χ0n) is 12.2. The number of hydrogen-bond acceptors (Lipinski definition) is 7. The molecule has 7 heteroatoms. The molecule has 0 aromatic heterocycles. The first-order valence-electron chi connectivity index (χ1n) is 7.30. The molecule has 6 unspecified atom stereocenters. The molecule has 0 aromatic carbocycles. The second-order valence-electron chi connectivity index (χ2n) is 6.06. The van der Waals surface area contributed by atoms with Gasteiger partial charge in [-0.3, -0.25) is 9.59 Å². The van der Waals surface area contributed by atoms with Gasteiger partial charge in [-0.15, -0.1) is 0 Å². The van der Waals surface area contributed by atoms with E-state index in [1.54, 1.807) is 6.92 Å². The smallest absolute Gasteiger partial charge is 0.333 e. The molecule has 1 aliphatic heterocycles. The van der Waals surface area contributed by atoms with Crippen molar-refractivity contribution < 1.29 is 28.6 Å². The normalized spacial score (nSPS) is 37.8. The molecule has 2 bridgehead atoms. The van der Waals surface area contributed by atoms with Crippen LogP contribution in [0.4, 0.5) is 0 Å². The molecule has 120 valence electrons. The number of thiol groups is 1. The zero-order valence-corrected chi connectivity index (χ0v) is 13.1. The van der Waals surface area contributed by atoms with Crippen molar-refractivity contribution >= 4 is 30.5 Å². The van der Waals surface area contributed by atoms with Gasteiger partial charge in [0.15, 0.2) is 0 Å². The van der Waals surface area contributed by atoms with Crippen molar-refractivity contribution in [1.29, 1.82) is 0 Å². The van der Waals surface area contributed by atoms with E-state index in [0.717, 1.165) is 0 Å². The van der Waals surface area contributed by atoms with E-state index in [1.807, 2.05) is 0 Å². The SMILES string of the molecule is C=C(C)C(=O)OC1C2CC3C1OC(=O)C3C2C(=O)OCCS. The molecule has 3 rings (SSSR count). The maximum atomic E-state index is 12.3. The van der Waals surface area contributed by atoms with Crippen molar-refractivity contribution in [2.24, 2.45) is 23.7 Å². The lowest BCUT2D eigenvalue weighted by Gasteiger charge is -2.30. The van der Waals surface area contributed by atoms with Gasteiger partial charge < -0.3 is 14.2 Å². The fourth-order valence-electron chi connectivity index (χ4n) is 3.94. The Morgan fingerprint density at radius 3 is 2.77 bits per heavy atom. The third-order valence-electron chi connectivity index (χ3n) is 4.75. The highest BCUT2D eigenvalue weighted by molar-refractivity contribution is 7.80. The van der Waals surface area contributed by atoms with Crippen LogP contribution in [0.3, 0.4) is 0 Å². The monoisotopic (exact) mass is 326 g/mol. The van der Waals surface area contributed by atoms with Crippen LogP contribution in [0.15, 0.2) is 12.2 Å². The Kier molecular flexibility index (Phi) is 3.92. The molecule has 3 aliphatic rings. The molecule has 1 saturated heterocycles. The summed E-state index contributed by atoms with van der Waals surface area (Å²) in [6, 6.07) is 0. The molecule has 0 spiro atoms. The van der Waals surface area contributed by atoms with Gasteiger partial charge in [0, 0.05) is 23.2 Å². The lowest BCUT2D eigenvalue weighted by molar-refractivity contribution is -0.162. The quantitative estimate of drug-likeness (QED) is 0.348. The summed E-state index contributed by atoms with van der Waals surface area (Å²) < 4.78 is 15.9. The predicted molar refractivity (Wildman–Crippen MR) is 78.0 cm³/mol. The summed E-state index contributed by atoms with van der Waals surface area (Å²) >= 11 is 4.00. The van der Waals surface area contributed by atoms with Crippen molar-refractivity contribution in [3.63, 3.8) is 0 Å². The Labute approximate surface area is 133 Å². The van der Waals surface area contributed by atoms with Crippen LogP contribution in [0, 0.1) is 23.7 Å². The van der Waals surface area contributed by atoms with Gasteiger partial charge in [0.05, 0.1) is 11.8 Å². The summed E-state index contributed by atoms with van der Waals surface area (Å²) in [4.78, 5) is 36.1. The Morgan fingerprint density at radius 1 is 1.41 bits per heavy atom. The van der Waals surface area contributed by atoms with E-state index in [2.05, 4.69) is 19.2 Å². The van der Waals surface area contributed by atoms with Gasteiger partial charge in [-0.1, -0.05) is 6.58 Å². The molecule has 0 amide bonds. The van der Waals surface area contributed by atoms with Crippen molar-refractivity contribution in [3.05, 3.63) is 12.2 Å². The summed E-state index contributed by atoms with van der Waals surface area (Å²) in [5.41, 5.74) is 0.276. The Hall–Kier alpha value is -1.50. The second kappa shape index (κ2) is 5.61. The Bertz CT molecular complexity index is 544. The first kappa shape index (κ1) is 15.4. The van der Waals surface area contributed by atoms with Gasteiger partial charge in [0.1, 0.15) is 18.8 Å². The molecule has 22 heavy (non-hydrogen) atoms. The van der Waals surface area contributed by atoms with Gasteiger partial charge in [-0.25, -0.2) is 4.79 Å². The Morgan fingerprint density at radius 2 is 2.14 bits per heavy atom. The van der Waals surface area contributed by atoms with E-state index >= 15 is 0 Å². The highest BCUT2D eigenvalue weighted by Crippen LogP contribution is 2.59. The molecule has 2 aliphatic carbocycles. The van der Waals surface area contributed by atoms with Crippen LogP contribution in [0.2, 0.25) is 0 Å². The lowest BCUT2D eigenvalue weighted by atomic mass is 9.78. The topological polar surface area (TPSA) is 78.9 Å². The fourth-order valence-corrected chi connectivity index (χ4v) is 4.03. The average Bonchev–Trinajstić information content (AvgIpc) is 3.07. The van der Waals surface area contributed by atoms with Crippen molar-refractivity contribution in [2.45, 2.75) is 25.6 Å². The van der Waals surface area contributed by atoms with Crippen molar-refractivity contribution in [3.8, 4) is 0 Å². The number of hydrogen-bond donors (Lipinski definition) is 1. The number of ether oxygens (including phenoxy) is 3. The Balaban J connectivity index is 1.81. The largest absolute Gasteiger partial charge is 0.465 e. The third kappa shape index (κ3) is 2.22. The molecular formula is C15H18O6S. The van der Waals surface area contributed by atoms with Gasteiger partial charge in [-0.05, 0) is 13.3 Å². The summed E-state index contributed by atoms with van der Waals surface area (Å²) in [5.74, 6) is -2.31.